The first-order chi connectivity index (χ1) is 17.6. The number of anilines is 1. The van der Waals surface area contributed by atoms with E-state index in [1.165, 1.54) is 30.4 Å². The van der Waals surface area contributed by atoms with Crippen LogP contribution in [0.2, 0.25) is 0 Å². The Morgan fingerprint density at radius 3 is 2.42 bits per heavy atom. The van der Waals surface area contributed by atoms with Crippen LogP contribution in [0.15, 0.2) is 42.5 Å². The van der Waals surface area contributed by atoms with Gasteiger partial charge in [-0.05, 0) is 73.9 Å². The summed E-state index contributed by atoms with van der Waals surface area (Å²) >= 11 is 0. The van der Waals surface area contributed by atoms with E-state index in [1.807, 2.05) is 12.1 Å². The monoisotopic (exact) mass is 482 g/mol. The number of hydrogen-bond acceptors (Lipinski definition) is 4. The van der Waals surface area contributed by atoms with Gasteiger partial charge in [0, 0.05) is 48.4 Å². The molecule has 2 aliphatic carbocycles. The van der Waals surface area contributed by atoms with Gasteiger partial charge in [0.25, 0.3) is 5.91 Å². The number of amides is 2. The predicted molar refractivity (Wildman–Crippen MR) is 138 cm³/mol. The smallest absolute Gasteiger partial charge is 0.255 e. The number of rotatable bonds is 4. The van der Waals surface area contributed by atoms with Gasteiger partial charge < -0.3 is 10.2 Å². The van der Waals surface area contributed by atoms with Crippen molar-refractivity contribution < 1.29 is 9.59 Å². The molecule has 2 saturated heterocycles. The molecule has 1 saturated carbocycles. The third kappa shape index (κ3) is 4.20. The Hall–Kier alpha value is -3.17. The Morgan fingerprint density at radius 2 is 1.67 bits per heavy atom. The van der Waals surface area contributed by atoms with Crippen LogP contribution in [-0.4, -0.2) is 46.8 Å². The van der Waals surface area contributed by atoms with E-state index in [2.05, 4.69) is 27.3 Å². The molecule has 0 radical (unpaired) electrons. The summed E-state index contributed by atoms with van der Waals surface area (Å²) in [6.07, 6.45) is 10.1. The van der Waals surface area contributed by atoms with Crippen LogP contribution in [0.4, 0.5) is 5.69 Å². The summed E-state index contributed by atoms with van der Waals surface area (Å²) < 4.78 is 0. The molecule has 6 nitrogen and oxygen atoms in total. The van der Waals surface area contributed by atoms with Gasteiger partial charge in [0.15, 0.2) is 0 Å². The zero-order valence-corrected chi connectivity index (χ0v) is 20.8. The third-order valence-electron chi connectivity index (χ3n) is 8.90. The van der Waals surface area contributed by atoms with Crippen LogP contribution in [0.25, 0.3) is 0 Å². The first kappa shape index (κ1) is 23.2. The standard InChI is InChI=1S/C30H34N4O2/c31-17-20-6-4-9-22(16-20)29(35)32-27-11-5-10-26-25(27)14-15-28(26)33-18-23-12-13-24(19-33)34(23)30(36)21-7-2-1-3-8-21/h4-6,9-11,16,21,23-24,28H,1-3,7-8,12-15,18-19H2,(H,32,35). The molecule has 3 fully saturated rings. The Bertz CT molecular complexity index is 1200. The summed E-state index contributed by atoms with van der Waals surface area (Å²) in [7, 11) is 0. The van der Waals surface area contributed by atoms with E-state index in [0.717, 1.165) is 57.3 Å². The lowest BCUT2D eigenvalue weighted by Crippen LogP contribution is -2.57. The lowest BCUT2D eigenvalue weighted by Gasteiger charge is -2.45. The van der Waals surface area contributed by atoms with Crippen molar-refractivity contribution in [2.24, 2.45) is 5.92 Å². The van der Waals surface area contributed by atoms with Crippen molar-refractivity contribution in [3.63, 3.8) is 0 Å². The normalized spacial score (nSPS) is 25.9. The first-order valence-electron chi connectivity index (χ1n) is 13.6. The zero-order chi connectivity index (χ0) is 24.6. The number of nitrogens with zero attached hydrogens (tertiary/aromatic N) is 3. The lowest BCUT2D eigenvalue weighted by atomic mass is 9.87. The van der Waals surface area contributed by atoms with Crippen LogP contribution in [0.1, 0.15) is 84.5 Å². The molecule has 3 atom stereocenters. The van der Waals surface area contributed by atoms with Gasteiger partial charge in [0.1, 0.15) is 0 Å². The fourth-order valence-electron chi connectivity index (χ4n) is 7.16. The quantitative estimate of drug-likeness (QED) is 0.661. The van der Waals surface area contributed by atoms with Gasteiger partial charge in [-0.2, -0.15) is 5.26 Å². The molecule has 3 unspecified atom stereocenters. The Morgan fingerprint density at radius 1 is 0.917 bits per heavy atom. The average molecular weight is 483 g/mol. The molecule has 2 aliphatic heterocycles. The van der Waals surface area contributed by atoms with Crippen molar-refractivity contribution in [3.8, 4) is 6.07 Å². The molecule has 1 N–H and O–H groups in total. The summed E-state index contributed by atoms with van der Waals surface area (Å²) in [6.45, 7) is 1.91. The SMILES string of the molecule is N#Cc1cccc(C(=O)Nc2cccc3c2CCC3N2CC3CCC(C2)N3C(=O)C2CCCCC2)c1. The molecule has 0 aromatic heterocycles. The molecule has 6 heteroatoms. The fraction of sp³-hybridized carbons (Fsp3) is 0.500. The van der Waals surface area contributed by atoms with E-state index in [-0.39, 0.29) is 11.8 Å². The number of likely N-dealkylation sites (tertiary alicyclic amines) is 1. The molecule has 6 rings (SSSR count). The van der Waals surface area contributed by atoms with Crippen LogP contribution in [0.3, 0.4) is 0 Å². The topological polar surface area (TPSA) is 76.4 Å². The van der Waals surface area contributed by atoms with Crippen molar-refractivity contribution >= 4 is 17.5 Å². The summed E-state index contributed by atoms with van der Waals surface area (Å²) in [5.74, 6) is 0.497. The summed E-state index contributed by atoms with van der Waals surface area (Å²) in [5, 5.41) is 12.3. The zero-order valence-electron chi connectivity index (χ0n) is 20.8. The molecule has 0 spiro atoms. The highest BCUT2D eigenvalue weighted by atomic mass is 16.2. The maximum Gasteiger partial charge on any atom is 0.255 e. The number of hydrogen-bond donors (Lipinski definition) is 1. The summed E-state index contributed by atoms with van der Waals surface area (Å²) in [4.78, 5) is 31.2. The number of fused-ring (bicyclic) bond motifs is 3. The molecule has 2 aromatic rings. The number of carbonyl (C=O) groups is 2. The number of benzene rings is 2. The lowest BCUT2D eigenvalue weighted by molar-refractivity contribution is -0.143. The molecule has 4 aliphatic rings. The van der Waals surface area contributed by atoms with Crippen LogP contribution < -0.4 is 5.32 Å². The van der Waals surface area contributed by atoms with Crippen molar-refractivity contribution in [1.29, 1.82) is 5.26 Å². The minimum atomic E-state index is -0.183. The molecule has 36 heavy (non-hydrogen) atoms. The summed E-state index contributed by atoms with van der Waals surface area (Å²) in [5.41, 5.74) is 4.38. The Balaban J connectivity index is 1.17. The molecule has 2 bridgehead atoms. The van der Waals surface area contributed by atoms with Crippen LogP contribution in [-0.2, 0) is 11.2 Å². The van der Waals surface area contributed by atoms with Crippen molar-refractivity contribution in [2.45, 2.75) is 75.9 Å². The third-order valence-corrected chi connectivity index (χ3v) is 8.90. The van der Waals surface area contributed by atoms with E-state index in [1.54, 1.807) is 24.3 Å². The van der Waals surface area contributed by atoms with Crippen molar-refractivity contribution in [1.82, 2.24) is 9.80 Å². The van der Waals surface area contributed by atoms with E-state index in [0.29, 0.717) is 35.2 Å². The molecule has 2 heterocycles. The highest BCUT2D eigenvalue weighted by molar-refractivity contribution is 6.05. The first-order valence-corrected chi connectivity index (χ1v) is 13.6. The van der Waals surface area contributed by atoms with Crippen LogP contribution in [0.5, 0.6) is 0 Å². The van der Waals surface area contributed by atoms with Crippen LogP contribution >= 0.6 is 0 Å². The van der Waals surface area contributed by atoms with Gasteiger partial charge in [0.2, 0.25) is 5.91 Å². The molecule has 2 amide bonds. The van der Waals surface area contributed by atoms with Gasteiger partial charge in [-0.3, -0.25) is 14.5 Å². The molecule has 2 aromatic carbocycles. The van der Waals surface area contributed by atoms with Crippen LogP contribution in [0, 0.1) is 17.2 Å². The minimum Gasteiger partial charge on any atom is -0.334 e. The molecule has 186 valence electrons. The van der Waals surface area contributed by atoms with E-state index >= 15 is 0 Å². The van der Waals surface area contributed by atoms with Gasteiger partial charge in [-0.25, -0.2) is 0 Å². The minimum absolute atomic E-state index is 0.183. The maximum atomic E-state index is 13.4. The number of carbonyl (C=O) groups excluding carboxylic acids is 2. The maximum absolute atomic E-state index is 13.4. The fourth-order valence-corrected chi connectivity index (χ4v) is 7.16. The molecular formula is C30H34N4O2. The average Bonchev–Trinajstić information content (AvgIpc) is 3.47. The highest BCUT2D eigenvalue weighted by Gasteiger charge is 2.46. The van der Waals surface area contributed by atoms with E-state index < -0.39 is 0 Å². The Kier molecular flexibility index (Phi) is 6.27. The largest absolute Gasteiger partial charge is 0.334 e. The number of nitriles is 1. The second-order valence-corrected chi connectivity index (χ2v) is 11.0. The molecular weight excluding hydrogens is 448 g/mol. The predicted octanol–water partition coefficient (Wildman–Crippen LogP) is 5.05. The summed E-state index contributed by atoms with van der Waals surface area (Å²) in [6, 6.07) is 16.2. The number of piperazine rings is 1. The number of nitrogens with one attached hydrogen (secondary N) is 1. The van der Waals surface area contributed by atoms with Crippen molar-refractivity contribution in [3.05, 3.63) is 64.7 Å². The van der Waals surface area contributed by atoms with Gasteiger partial charge in [-0.15, -0.1) is 0 Å². The Labute approximate surface area is 213 Å². The van der Waals surface area contributed by atoms with Crippen molar-refractivity contribution in [2.75, 3.05) is 18.4 Å². The second kappa shape index (κ2) is 9.71. The van der Waals surface area contributed by atoms with Gasteiger partial charge in [-0.1, -0.05) is 37.5 Å². The highest BCUT2D eigenvalue weighted by Crippen LogP contribution is 2.43. The van der Waals surface area contributed by atoms with Gasteiger partial charge in [0.05, 0.1) is 11.6 Å². The van der Waals surface area contributed by atoms with Gasteiger partial charge >= 0.3 is 0 Å². The second-order valence-electron chi connectivity index (χ2n) is 11.0. The van der Waals surface area contributed by atoms with E-state index in [4.69, 9.17) is 5.26 Å². The van der Waals surface area contributed by atoms with E-state index in [9.17, 15) is 9.59 Å².